The number of aryl methyl sites for hydroxylation is 2. The molecule has 0 saturated heterocycles. The number of carbonyl (C=O) groups is 5. The van der Waals surface area contributed by atoms with Crippen LogP contribution in [0.2, 0.25) is 5.02 Å². The molecule has 96 heavy (non-hydrogen) atoms. The molecule has 0 fully saturated rings. The van der Waals surface area contributed by atoms with Gasteiger partial charge in [0.2, 0.25) is 0 Å². The Hall–Kier alpha value is -8.75. The second-order valence-corrected chi connectivity index (χ2v) is 27.7. The van der Waals surface area contributed by atoms with Crippen LogP contribution >= 0.6 is 11.6 Å². The summed E-state index contributed by atoms with van der Waals surface area (Å²) in [7, 11) is -0.110. The lowest BCUT2D eigenvalue weighted by molar-refractivity contribution is 0.0539. The Bertz CT molecular complexity index is 4220. The molecule has 4 heterocycles. The van der Waals surface area contributed by atoms with Gasteiger partial charge in [0, 0.05) is 71.0 Å². The molecule has 10 rings (SSSR count). The standard InChI is InChI=1S/C39H46ClN5O4.C37H44N4O5S/c1-6-8-18-43(19-9-7-2)39(49)35-20-26(3)45(41-35)36-17-15-29(28-14-16-34(40)32(22-28)37(47)42(4)5)23-33(36)38(48)44-24-30-13-11-10-12-27(30)21-31(44)25-46;1-5-7-18-39(19-8-6-2)37(44)34-20-26(3)41(38-34)35-17-16-29(28-14-11-15-32(22-28)47(4,45)46)23-33(35)36(43)40-24-30-13-10-9-12-27(30)21-31(40)25-42/h10-17,20,22-23,31,46H,6-9,18-19,21,24-25H2,1-5H3;9-17,20,22-23,31,42H,5-8,18-19,21,24-25H2,1-4H3/t2*31-/m00/s1. The first kappa shape index (κ1) is 71.5. The number of aliphatic hydroxyl groups excluding tert-OH is 2. The van der Waals surface area contributed by atoms with Crippen LogP contribution in [0.3, 0.4) is 0 Å². The van der Waals surface area contributed by atoms with E-state index in [1.165, 1.54) is 11.2 Å². The smallest absolute Gasteiger partial charge is 0.274 e. The maximum Gasteiger partial charge on any atom is 0.274 e. The predicted octanol–water partition coefficient (Wildman–Crippen LogP) is 12.7. The number of carbonyl (C=O) groups excluding carboxylic acids is 5. The predicted molar refractivity (Wildman–Crippen MR) is 377 cm³/mol. The van der Waals surface area contributed by atoms with Crippen molar-refractivity contribution in [2.24, 2.45) is 0 Å². The van der Waals surface area contributed by atoms with E-state index in [4.69, 9.17) is 21.8 Å². The number of aromatic nitrogens is 4. The molecule has 506 valence electrons. The van der Waals surface area contributed by atoms with Gasteiger partial charge in [-0.15, -0.1) is 0 Å². The normalized spacial score (nSPS) is 14.3. The Labute approximate surface area is 570 Å². The zero-order chi connectivity index (χ0) is 69.0. The molecule has 18 nitrogen and oxygen atoms in total. The number of nitrogens with zero attached hydrogens (tertiary/aromatic N) is 9. The maximum absolute atomic E-state index is 14.7. The quantitative estimate of drug-likeness (QED) is 0.0581. The summed E-state index contributed by atoms with van der Waals surface area (Å²) in [5, 5.41) is 30.7. The molecule has 2 aromatic heterocycles. The molecule has 0 unspecified atom stereocenters. The number of halogens is 1. The van der Waals surface area contributed by atoms with Gasteiger partial charge in [0.1, 0.15) is 0 Å². The van der Waals surface area contributed by atoms with E-state index in [0.29, 0.717) is 130 Å². The molecule has 8 aromatic rings. The van der Waals surface area contributed by atoms with E-state index >= 15 is 0 Å². The minimum atomic E-state index is -3.45. The molecule has 0 aliphatic carbocycles. The van der Waals surface area contributed by atoms with Gasteiger partial charge in [-0.2, -0.15) is 10.2 Å². The van der Waals surface area contributed by atoms with E-state index in [2.05, 4.69) is 27.7 Å². The summed E-state index contributed by atoms with van der Waals surface area (Å²) in [6.07, 6.45) is 9.76. The number of amides is 5. The van der Waals surface area contributed by atoms with Crippen molar-refractivity contribution in [2.75, 3.05) is 59.7 Å². The van der Waals surface area contributed by atoms with Crippen molar-refractivity contribution in [2.45, 2.75) is 136 Å². The molecule has 0 spiro atoms. The SMILES string of the molecule is CCCCN(CCCC)C(=O)c1cc(C)n(-c2ccc(-c3ccc(Cl)c(C(=O)N(C)C)c3)cc2C(=O)N2Cc3ccccc3C[C@H]2CO)n1.CCCCN(CCCC)C(=O)c1cc(C)n(-c2ccc(-c3cccc(S(C)(=O)=O)c3)cc2C(=O)N2Cc3ccccc3C[C@H]2CO)n1. The fourth-order valence-electron chi connectivity index (χ4n) is 12.4. The van der Waals surface area contributed by atoms with Crippen LogP contribution in [0.5, 0.6) is 0 Å². The van der Waals surface area contributed by atoms with Crippen molar-refractivity contribution in [1.29, 1.82) is 0 Å². The molecular formula is C76H90ClN9O9S. The Kier molecular flexibility index (Phi) is 24.1. The van der Waals surface area contributed by atoms with Crippen LogP contribution in [-0.4, -0.2) is 164 Å². The first-order valence-electron chi connectivity index (χ1n) is 33.4. The lowest BCUT2D eigenvalue weighted by Crippen LogP contribution is -2.46. The van der Waals surface area contributed by atoms with E-state index in [-0.39, 0.29) is 47.6 Å². The van der Waals surface area contributed by atoms with Crippen LogP contribution < -0.4 is 0 Å². The minimum absolute atomic E-state index is 0.125. The van der Waals surface area contributed by atoms with Crippen molar-refractivity contribution in [3.05, 3.63) is 206 Å². The Morgan fingerprint density at radius 3 is 1.27 bits per heavy atom. The van der Waals surface area contributed by atoms with Gasteiger partial charge in [0.05, 0.1) is 63.3 Å². The third-order valence-corrected chi connectivity index (χ3v) is 19.4. The number of fused-ring (bicyclic) bond motifs is 2. The second-order valence-electron chi connectivity index (χ2n) is 25.3. The molecule has 2 N–H and O–H groups in total. The van der Waals surface area contributed by atoms with Crippen molar-refractivity contribution < 1.29 is 42.6 Å². The number of aliphatic hydroxyl groups is 2. The lowest BCUT2D eigenvalue weighted by Gasteiger charge is -2.36. The van der Waals surface area contributed by atoms with Crippen LogP contribution in [0.4, 0.5) is 0 Å². The fourth-order valence-corrected chi connectivity index (χ4v) is 13.3. The van der Waals surface area contributed by atoms with Gasteiger partial charge in [-0.1, -0.05) is 144 Å². The van der Waals surface area contributed by atoms with Gasteiger partial charge in [-0.05, 0) is 158 Å². The summed E-state index contributed by atoms with van der Waals surface area (Å²) in [5.74, 6) is -1.04. The van der Waals surface area contributed by atoms with Gasteiger partial charge < -0.3 is 34.7 Å². The van der Waals surface area contributed by atoms with Crippen molar-refractivity contribution in [3.63, 3.8) is 0 Å². The first-order chi connectivity index (χ1) is 46.1. The van der Waals surface area contributed by atoms with Crippen LogP contribution in [0.25, 0.3) is 33.6 Å². The Morgan fingerprint density at radius 2 is 0.885 bits per heavy atom. The summed E-state index contributed by atoms with van der Waals surface area (Å²) in [6.45, 7) is 15.1. The van der Waals surface area contributed by atoms with E-state index in [1.807, 2.05) is 103 Å². The average Bonchev–Trinajstić information content (AvgIpc) is 1.29. The molecular weight excluding hydrogens is 1250 g/mol. The Balaban J connectivity index is 0.000000226. The van der Waals surface area contributed by atoms with Crippen LogP contribution in [0.1, 0.15) is 165 Å². The summed E-state index contributed by atoms with van der Waals surface area (Å²) < 4.78 is 28.0. The summed E-state index contributed by atoms with van der Waals surface area (Å²) in [5.41, 5.74) is 11.1. The molecule has 0 saturated carbocycles. The number of rotatable bonds is 24. The highest BCUT2D eigenvalue weighted by Crippen LogP contribution is 2.35. The third kappa shape index (κ3) is 16.4. The second kappa shape index (κ2) is 32.3. The first-order valence-corrected chi connectivity index (χ1v) is 35.7. The fraction of sp³-hybridized carbons (Fsp3) is 0.382. The molecule has 2 atom stereocenters. The molecule has 0 radical (unpaired) electrons. The van der Waals surface area contributed by atoms with E-state index < -0.39 is 21.9 Å². The number of sulfone groups is 1. The largest absolute Gasteiger partial charge is 0.394 e. The maximum atomic E-state index is 14.7. The summed E-state index contributed by atoms with van der Waals surface area (Å²) in [6, 6.07) is 41.4. The van der Waals surface area contributed by atoms with Crippen molar-refractivity contribution in [1.82, 2.24) is 44.1 Å². The van der Waals surface area contributed by atoms with Crippen molar-refractivity contribution >= 4 is 51.0 Å². The van der Waals surface area contributed by atoms with E-state index in [9.17, 15) is 42.6 Å². The third-order valence-electron chi connectivity index (χ3n) is 18.0. The van der Waals surface area contributed by atoms with Crippen molar-refractivity contribution in [3.8, 4) is 33.6 Å². The van der Waals surface area contributed by atoms with Gasteiger partial charge in [0.25, 0.3) is 29.5 Å². The molecule has 2 aliphatic rings. The summed E-state index contributed by atoms with van der Waals surface area (Å²) in [4.78, 5) is 78.4. The number of unbranched alkanes of at least 4 members (excludes halogenated alkanes) is 4. The molecule has 5 amide bonds. The number of hydrogen-bond acceptors (Lipinski definition) is 11. The molecule has 6 aromatic carbocycles. The van der Waals surface area contributed by atoms with Crippen LogP contribution in [0, 0.1) is 13.8 Å². The van der Waals surface area contributed by atoms with Crippen LogP contribution in [0.15, 0.2) is 144 Å². The van der Waals surface area contributed by atoms with Gasteiger partial charge in [0.15, 0.2) is 21.2 Å². The number of benzene rings is 6. The average molecular weight is 1340 g/mol. The number of hydrogen-bond donors (Lipinski definition) is 2. The monoisotopic (exact) mass is 1340 g/mol. The highest BCUT2D eigenvalue weighted by Gasteiger charge is 2.35. The highest BCUT2D eigenvalue weighted by atomic mass is 35.5. The van der Waals surface area contributed by atoms with Gasteiger partial charge in [-0.3, -0.25) is 24.0 Å². The Morgan fingerprint density at radius 1 is 0.500 bits per heavy atom. The topological polar surface area (TPSA) is 212 Å². The van der Waals surface area contributed by atoms with Crippen LogP contribution in [-0.2, 0) is 35.8 Å². The highest BCUT2D eigenvalue weighted by molar-refractivity contribution is 7.90. The molecule has 0 bridgehead atoms. The van der Waals surface area contributed by atoms with Gasteiger partial charge >= 0.3 is 0 Å². The molecule has 20 heteroatoms. The van der Waals surface area contributed by atoms with E-state index in [1.54, 1.807) is 93.9 Å². The van der Waals surface area contributed by atoms with Gasteiger partial charge in [-0.25, -0.2) is 17.8 Å². The molecule has 2 aliphatic heterocycles. The zero-order valence-electron chi connectivity index (χ0n) is 56.7. The van der Waals surface area contributed by atoms with E-state index in [0.717, 1.165) is 73.6 Å². The summed E-state index contributed by atoms with van der Waals surface area (Å²) >= 11 is 6.43. The lowest BCUT2D eigenvalue weighted by atomic mass is 9.93. The zero-order valence-corrected chi connectivity index (χ0v) is 58.3. The minimum Gasteiger partial charge on any atom is -0.394 e.